The highest BCUT2D eigenvalue weighted by atomic mass is 32.1. The number of benzene rings is 1. The van der Waals surface area contributed by atoms with E-state index in [1.54, 1.807) is 0 Å². The molecule has 0 aromatic heterocycles. The van der Waals surface area contributed by atoms with E-state index in [1.807, 2.05) is 32.2 Å². The number of anilines is 1. The summed E-state index contributed by atoms with van der Waals surface area (Å²) in [6.07, 6.45) is 0. The van der Waals surface area contributed by atoms with Gasteiger partial charge in [-0.15, -0.1) is 0 Å². The van der Waals surface area contributed by atoms with Crippen LogP contribution in [0.3, 0.4) is 0 Å². The van der Waals surface area contributed by atoms with E-state index >= 15 is 0 Å². The summed E-state index contributed by atoms with van der Waals surface area (Å²) in [5, 5.41) is 3.08. The molecule has 0 heterocycles. The maximum absolute atomic E-state index is 5.49. The number of thiocarbonyl (C=S) groups is 1. The Bertz CT molecular complexity index is 307. The van der Waals surface area contributed by atoms with Gasteiger partial charge in [0.05, 0.1) is 0 Å². The van der Waals surface area contributed by atoms with Crippen molar-refractivity contribution in [2.75, 3.05) is 12.4 Å². The summed E-state index contributed by atoms with van der Waals surface area (Å²) < 4.78 is 0. The van der Waals surface area contributed by atoms with Gasteiger partial charge in [-0.3, -0.25) is 0 Å². The summed E-state index contributed by atoms with van der Waals surface area (Å²) >= 11 is 4.86. The van der Waals surface area contributed by atoms with Gasteiger partial charge in [0.2, 0.25) is 0 Å². The second-order valence-electron chi connectivity index (χ2n) is 2.64. The van der Waals surface area contributed by atoms with Gasteiger partial charge < -0.3 is 11.1 Å². The first-order chi connectivity index (χ1) is 5.65. The minimum Gasteiger partial charge on any atom is -0.389 e. The lowest BCUT2D eigenvalue weighted by molar-refractivity contribution is 1.40. The van der Waals surface area contributed by atoms with Crippen LogP contribution in [-0.2, 0) is 0 Å². The van der Waals surface area contributed by atoms with Crippen molar-refractivity contribution in [3.8, 4) is 0 Å². The molecule has 0 saturated heterocycles. The van der Waals surface area contributed by atoms with Crippen molar-refractivity contribution in [2.24, 2.45) is 5.73 Å². The molecular weight excluding hydrogens is 168 g/mol. The predicted octanol–water partition coefficient (Wildman–Crippen LogP) is 1.67. The fourth-order valence-electron chi connectivity index (χ4n) is 1.10. The molecule has 64 valence electrons. The zero-order valence-corrected chi connectivity index (χ0v) is 8.03. The Labute approximate surface area is 77.8 Å². The molecule has 0 unspecified atom stereocenters. The third-order valence-corrected chi connectivity index (χ3v) is 2.02. The van der Waals surface area contributed by atoms with Crippen LogP contribution >= 0.6 is 12.2 Å². The smallest absolute Gasteiger partial charge is 0.103 e. The molecule has 0 bridgehead atoms. The molecule has 0 fully saturated rings. The highest BCUT2D eigenvalue weighted by Crippen LogP contribution is 2.15. The summed E-state index contributed by atoms with van der Waals surface area (Å²) in [6, 6.07) is 5.87. The van der Waals surface area contributed by atoms with E-state index in [9.17, 15) is 0 Å². The molecule has 1 aromatic rings. The van der Waals surface area contributed by atoms with Crippen LogP contribution in [0.5, 0.6) is 0 Å². The number of rotatable bonds is 2. The quantitative estimate of drug-likeness (QED) is 0.680. The SMILES string of the molecule is CNc1ccc(C(N)=S)cc1C. The number of hydrogen-bond donors (Lipinski definition) is 2. The van der Waals surface area contributed by atoms with Gasteiger partial charge in [-0.25, -0.2) is 0 Å². The van der Waals surface area contributed by atoms with E-state index < -0.39 is 0 Å². The van der Waals surface area contributed by atoms with Gasteiger partial charge in [-0.1, -0.05) is 12.2 Å². The van der Waals surface area contributed by atoms with Crippen LogP contribution < -0.4 is 11.1 Å². The molecule has 2 nitrogen and oxygen atoms in total. The third kappa shape index (κ3) is 1.74. The molecule has 0 aliphatic carbocycles. The predicted molar refractivity (Wildman–Crippen MR) is 56.6 cm³/mol. The Hall–Kier alpha value is -1.09. The zero-order valence-electron chi connectivity index (χ0n) is 7.22. The maximum atomic E-state index is 5.49. The molecular formula is C9H12N2S. The van der Waals surface area contributed by atoms with Crippen LogP contribution in [0.25, 0.3) is 0 Å². The molecule has 0 spiro atoms. The van der Waals surface area contributed by atoms with E-state index in [-0.39, 0.29) is 0 Å². The van der Waals surface area contributed by atoms with Crippen LogP contribution in [-0.4, -0.2) is 12.0 Å². The lowest BCUT2D eigenvalue weighted by Gasteiger charge is -2.06. The zero-order chi connectivity index (χ0) is 9.14. The lowest BCUT2D eigenvalue weighted by atomic mass is 10.1. The second kappa shape index (κ2) is 3.54. The summed E-state index contributed by atoms with van der Waals surface area (Å²) in [6.45, 7) is 2.02. The summed E-state index contributed by atoms with van der Waals surface area (Å²) in [5.41, 5.74) is 8.67. The van der Waals surface area contributed by atoms with Crippen LogP contribution in [0.4, 0.5) is 5.69 Å². The van der Waals surface area contributed by atoms with E-state index in [0.29, 0.717) is 4.99 Å². The largest absolute Gasteiger partial charge is 0.389 e. The van der Waals surface area contributed by atoms with Crippen LogP contribution in [0.15, 0.2) is 18.2 Å². The highest BCUT2D eigenvalue weighted by molar-refractivity contribution is 7.80. The topological polar surface area (TPSA) is 38.0 Å². The fourth-order valence-corrected chi connectivity index (χ4v) is 1.22. The van der Waals surface area contributed by atoms with Crippen molar-refractivity contribution in [1.82, 2.24) is 0 Å². The maximum Gasteiger partial charge on any atom is 0.103 e. The number of hydrogen-bond acceptors (Lipinski definition) is 2. The lowest BCUT2D eigenvalue weighted by Crippen LogP contribution is -2.09. The van der Waals surface area contributed by atoms with E-state index in [0.717, 1.165) is 16.8 Å². The summed E-state index contributed by atoms with van der Waals surface area (Å²) in [5.74, 6) is 0. The number of nitrogens with one attached hydrogen (secondary N) is 1. The molecule has 12 heavy (non-hydrogen) atoms. The van der Waals surface area contributed by atoms with Crippen molar-refractivity contribution in [3.05, 3.63) is 29.3 Å². The molecule has 0 aliphatic heterocycles. The molecule has 0 radical (unpaired) electrons. The summed E-state index contributed by atoms with van der Waals surface area (Å²) in [4.78, 5) is 0.445. The average molecular weight is 180 g/mol. The molecule has 0 atom stereocenters. The van der Waals surface area contributed by atoms with Crippen molar-refractivity contribution < 1.29 is 0 Å². The molecule has 0 aliphatic rings. The first-order valence-corrected chi connectivity index (χ1v) is 4.14. The van der Waals surface area contributed by atoms with Crippen molar-refractivity contribution in [1.29, 1.82) is 0 Å². The van der Waals surface area contributed by atoms with Gasteiger partial charge in [0.1, 0.15) is 4.99 Å². The van der Waals surface area contributed by atoms with Crippen LogP contribution in [0, 0.1) is 6.92 Å². The summed E-state index contributed by atoms with van der Waals surface area (Å²) in [7, 11) is 1.89. The minimum atomic E-state index is 0.445. The standard InChI is InChI=1S/C9H12N2S/c1-6-5-7(9(10)12)3-4-8(6)11-2/h3-5,11H,1-2H3,(H2,10,12). The van der Waals surface area contributed by atoms with Gasteiger partial charge in [-0.05, 0) is 30.7 Å². The Kier molecular flexibility index (Phi) is 2.65. The average Bonchev–Trinajstić information content (AvgIpc) is 2.04. The molecule has 0 saturated carbocycles. The Morgan fingerprint density at radius 3 is 2.58 bits per heavy atom. The first kappa shape index (κ1) is 9.00. The molecule has 1 rings (SSSR count). The van der Waals surface area contributed by atoms with Crippen molar-refractivity contribution >= 4 is 22.9 Å². The normalized spacial score (nSPS) is 9.50. The molecule has 3 N–H and O–H groups in total. The van der Waals surface area contributed by atoms with Crippen molar-refractivity contribution in [2.45, 2.75) is 6.92 Å². The first-order valence-electron chi connectivity index (χ1n) is 3.73. The van der Waals surface area contributed by atoms with Gasteiger partial charge >= 0.3 is 0 Å². The van der Waals surface area contributed by atoms with E-state index in [1.165, 1.54) is 0 Å². The Balaban J connectivity index is 3.10. The highest BCUT2D eigenvalue weighted by Gasteiger charge is 1.99. The van der Waals surface area contributed by atoms with Gasteiger partial charge in [0.15, 0.2) is 0 Å². The van der Waals surface area contributed by atoms with E-state index in [2.05, 4.69) is 5.32 Å². The van der Waals surface area contributed by atoms with E-state index in [4.69, 9.17) is 18.0 Å². The second-order valence-corrected chi connectivity index (χ2v) is 3.08. The number of nitrogens with two attached hydrogens (primary N) is 1. The molecule has 3 heteroatoms. The van der Waals surface area contributed by atoms with Crippen LogP contribution in [0.2, 0.25) is 0 Å². The van der Waals surface area contributed by atoms with Crippen LogP contribution in [0.1, 0.15) is 11.1 Å². The fraction of sp³-hybridized carbons (Fsp3) is 0.222. The Morgan fingerprint density at radius 1 is 1.50 bits per heavy atom. The molecule has 1 aromatic carbocycles. The van der Waals surface area contributed by atoms with Crippen molar-refractivity contribution in [3.63, 3.8) is 0 Å². The number of aryl methyl sites for hydroxylation is 1. The minimum absolute atomic E-state index is 0.445. The molecule has 0 amide bonds. The van der Waals surface area contributed by atoms with Gasteiger partial charge in [-0.2, -0.15) is 0 Å². The van der Waals surface area contributed by atoms with Gasteiger partial charge in [0.25, 0.3) is 0 Å². The Morgan fingerprint density at radius 2 is 2.17 bits per heavy atom. The monoisotopic (exact) mass is 180 g/mol. The van der Waals surface area contributed by atoms with Gasteiger partial charge in [0, 0.05) is 18.3 Å². The third-order valence-electron chi connectivity index (χ3n) is 1.78.